The molecule has 2 unspecified atom stereocenters. The van der Waals surface area contributed by atoms with Gasteiger partial charge in [0, 0.05) is 12.5 Å². The average molecular weight is 256 g/mol. The monoisotopic (exact) mass is 256 g/mol. The van der Waals surface area contributed by atoms with Crippen molar-refractivity contribution in [1.29, 1.82) is 0 Å². The van der Waals surface area contributed by atoms with Crippen LogP contribution in [0.5, 0.6) is 0 Å². The lowest BCUT2D eigenvalue weighted by Gasteiger charge is -2.28. The molecule has 1 amide bonds. The van der Waals surface area contributed by atoms with Gasteiger partial charge in [0.2, 0.25) is 5.91 Å². The van der Waals surface area contributed by atoms with E-state index in [4.69, 9.17) is 10.5 Å². The number of carbonyl (C=O) groups excluding carboxylic acids is 1. The molecule has 0 aromatic rings. The van der Waals surface area contributed by atoms with Crippen molar-refractivity contribution in [2.24, 2.45) is 17.6 Å². The van der Waals surface area contributed by atoms with E-state index < -0.39 is 0 Å². The predicted molar refractivity (Wildman–Crippen MR) is 73.2 cm³/mol. The topological polar surface area (TPSA) is 64.3 Å². The third-order valence-electron chi connectivity index (χ3n) is 3.58. The molecule has 0 spiro atoms. The maximum absolute atomic E-state index is 12.0. The molecule has 1 aliphatic carbocycles. The van der Waals surface area contributed by atoms with Crippen LogP contribution in [0, 0.1) is 11.8 Å². The maximum atomic E-state index is 12.0. The van der Waals surface area contributed by atoms with E-state index in [0.717, 1.165) is 32.2 Å². The van der Waals surface area contributed by atoms with Crippen LogP contribution >= 0.6 is 0 Å². The fourth-order valence-electron chi connectivity index (χ4n) is 2.64. The van der Waals surface area contributed by atoms with Gasteiger partial charge in [-0.15, -0.1) is 0 Å². The molecule has 1 aliphatic rings. The van der Waals surface area contributed by atoms with Gasteiger partial charge < -0.3 is 15.8 Å². The number of hydrogen-bond acceptors (Lipinski definition) is 3. The van der Waals surface area contributed by atoms with Crippen molar-refractivity contribution in [2.45, 2.75) is 52.1 Å². The second kappa shape index (κ2) is 8.48. The number of hydrogen-bond donors (Lipinski definition) is 2. The zero-order chi connectivity index (χ0) is 13.4. The molecule has 1 saturated carbocycles. The molecule has 4 heteroatoms. The summed E-state index contributed by atoms with van der Waals surface area (Å²) in [7, 11) is 0. The van der Waals surface area contributed by atoms with E-state index in [2.05, 4.69) is 5.32 Å². The Labute approximate surface area is 111 Å². The summed E-state index contributed by atoms with van der Waals surface area (Å²) in [6.45, 7) is 5.96. The SMILES string of the molecule is CC(C)OCCNC(=O)C1CCCC(CCN)C1. The van der Waals surface area contributed by atoms with Gasteiger partial charge in [-0.05, 0) is 45.6 Å². The molecule has 2 atom stereocenters. The second-order valence-electron chi connectivity index (χ2n) is 5.52. The summed E-state index contributed by atoms with van der Waals surface area (Å²) >= 11 is 0. The predicted octanol–water partition coefficient (Wildman–Crippen LogP) is 1.68. The van der Waals surface area contributed by atoms with Crippen LogP contribution in [0.1, 0.15) is 46.0 Å². The van der Waals surface area contributed by atoms with Crippen LogP contribution in [0.4, 0.5) is 0 Å². The summed E-state index contributed by atoms with van der Waals surface area (Å²) in [5.41, 5.74) is 5.59. The molecule has 0 saturated heterocycles. The minimum Gasteiger partial charge on any atom is -0.377 e. The highest BCUT2D eigenvalue weighted by atomic mass is 16.5. The van der Waals surface area contributed by atoms with Crippen molar-refractivity contribution in [2.75, 3.05) is 19.7 Å². The van der Waals surface area contributed by atoms with Crippen LogP contribution in [0.25, 0.3) is 0 Å². The first-order valence-electron chi connectivity index (χ1n) is 7.22. The van der Waals surface area contributed by atoms with Gasteiger partial charge in [0.1, 0.15) is 0 Å². The molecular formula is C14H28N2O2. The lowest BCUT2D eigenvalue weighted by molar-refractivity contribution is -0.126. The maximum Gasteiger partial charge on any atom is 0.223 e. The van der Waals surface area contributed by atoms with Crippen LogP contribution in [0.2, 0.25) is 0 Å². The van der Waals surface area contributed by atoms with Crippen molar-refractivity contribution in [3.63, 3.8) is 0 Å². The number of ether oxygens (including phenoxy) is 1. The van der Waals surface area contributed by atoms with E-state index in [9.17, 15) is 4.79 Å². The van der Waals surface area contributed by atoms with Crippen molar-refractivity contribution >= 4 is 5.91 Å². The minimum absolute atomic E-state index is 0.189. The van der Waals surface area contributed by atoms with Gasteiger partial charge in [0.05, 0.1) is 12.7 Å². The van der Waals surface area contributed by atoms with Crippen molar-refractivity contribution < 1.29 is 9.53 Å². The summed E-state index contributed by atoms with van der Waals surface area (Å²) in [6.07, 6.45) is 5.71. The quantitative estimate of drug-likeness (QED) is 0.681. The largest absolute Gasteiger partial charge is 0.377 e. The highest BCUT2D eigenvalue weighted by molar-refractivity contribution is 5.78. The number of rotatable bonds is 7. The fourth-order valence-corrected chi connectivity index (χ4v) is 2.64. The Balaban J connectivity index is 2.20. The third-order valence-corrected chi connectivity index (χ3v) is 3.58. The van der Waals surface area contributed by atoms with Crippen LogP contribution < -0.4 is 11.1 Å². The van der Waals surface area contributed by atoms with Crippen molar-refractivity contribution in [3.05, 3.63) is 0 Å². The molecule has 1 rings (SSSR count). The first-order valence-corrected chi connectivity index (χ1v) is 7.22. The summed E-state index contributed by atoms with van der Waals surface area (Å²) in [5.74, 6) is 1.03. The number of nitrogens with two attached hydrogens (primary N) is 1. The Morgan fingerprint density at radius 1 is 1.44 bits per heavy atom. The smallest absolute Gasteiger partial charge is 0.223 e. The van der Waals surface area contributed by atoms with Crippen LogP contribution in [0.15, 0.2) is 0 Å². The Morgan fingerprint density at radius 2 is 2.22 bits per heavy atom. The molecule has 1 fully saturated rings. The molecule has 106 valence electrons. The summed E-state index contributed by atoms with van der Waals surface area (Å²) in [6, 6.07) is 0. The van der Waals surface area contributed by atoms with Crippen molar-refractivity contribution in [3.8, 4) is 0 Å². The third kappa shape index (κ3) is 5.83. The fraction of sp³-hybridized carbons (Fsp3) is 0.929. The van der Waals surface area contributed by atoms with E-state index in [-0.39, 0.29) is 17.9 Å². The van der Waals surface area contributed by atoms with Gasteiger partial charge in [-0.3, -0.25) is 4.79 Å². The second-order valence-corrected chi connectivity index (χ2v) is 5.52. The highest BCUT2D eigenvalue weighted by Crippen LogP contribution is 2.30. The Hall–Kier alpha value is -0.610. The zero-order valence-electron chi connectivity index (χ0n) is 11.8. The van der Waals surface area contributed by atoms with Crippen LogP contribution in [-0.2, 0) is 9.53 Å². The van der Waals surface area contributed by atoms with Crippen LogP contribution in [-0.4, -0.2) is 31.7 Å². The molecule has 18 heavy (non-hydrogen) atoms. The number of carbonyl (C=O) groups is 1. The van der Waals surface area contributed by atoms with E-state index in [0.29, 0.717) is 19.1 Å². The first kappa shape index (κ1) is 15.4. The van der Waals surface area contributed by atoms with Gasteiger partial charge in [-0.2, -0.15) is 0 Å². The molecule has 0 bridgehead atoms. The van der Waals surface area contributed by atoms with Gasteiger partial charge in [0.25, 0.3) is 0 Å². The molecule has 0 aliphatic heterocycles. The summed E-state index contributed by atoms with van der Waals surface area (Å²) < 4.78 is 5.41. The van der Waals surface area contributed by atoms with E-state index in [1.807, 2.05) is 13.8 Å². The lowest BCUT2D eigenvalue weighted by Crippen LogP contribution is -2.36. The average Bonchev–Trinajstić information content (AvgIpc) is 2.35. The molecule has 0 heterocycles. The Bertz CT molecular complexity index is 242. The standard InChI is InChI=1S/C14H28N2O2/c1-11(2)18-9-8-16-14(17)13-5-3-4-12(10-13)6-7-15/h11-13H,3-10,15H2,1-2H3,(H,16,17). The van der Waals surface area contributed by atoms with Gasteiger partial charge in [-0.1, -0.05) is 12.8 Å². The van der Waals surface area contributed by atoms with Crippen LogP contribution in [0.3, 0.4) is 0 Å². The summed E-state index contributed by atoms with van der Waals surface area (Å²) in [4.78, 5) is 12.0. The first-order chi connectivity index (χ1) is 8.63. The zero-order valence-corrected chi connectivity index (χ0v) is 11.8. The van der Waals surface area contributed by atoms with E-state index >= 15 is 0 Å². The van der Waals surface area contributed by atoms with Gasteiger partial charge >= 0.3 is 0 Å². The molecular weight excluding hydrogens is 228 g/mol. The molecule has 0 aromatic heterocycles. The minimum atomic E-state index is 0.189. The normalized spacial score (nSPS) is 24.2. The van der Waals surface area contributed by atoms with E-state index in [1.54, 1.807) is 0 Å². The molecule has 0 aromatic carbocycles. The van der Waals surface area contributed by atoms with Crippen molar-refractivity contribution in [1.82, 2.24) is 5.32 Å². The molecule has 0 radical (unpaired) electrons. The number of amides is 1. The lowest BCUT2D eigenvalue weighted by atomic mass is 9.79. The molecule has 4 nitrogen and oxygen atoms in total. The van der Waals surface area contributed by atoms with Gasteiger partial charge in [0.15, 0.2) is 0 Å². The highest BCUT2D eigenvalue weighted by Gasteiger charge is 2.26. The summed E-state index contributed by atoms with van der Waals surface area (Å²) in [5, 5.41) is 2.98. The number of nitrogens with one attached hydrogen (secondary N) is 1. The van der Waals surface area contributed by atoms with E-state index in [1.165, 1.54) is 6.42 Å². The Kier molecular flexibility index (Phi) is 7.28. The molecule has 3 N–H and O–H groups in total. The Morgan fingerprint density at radius 3 is 2.89 bits per heavy atom. The van der Waals surface area contributed by atoms with Gasteiger partial charge in [-0.25, -0.2) is 0 Å².